The third kappa shape index (κ3) is 2.76. The molecule has 128 valence electrons. The number of carbonyl (C=O) groups excluding carboxylic acids is 2. The lowest BCUT2D eigenvalue weighted by molar-refractivity contribution is -0.151. The Kier molecular flexibility index (Phi) is 4.28. The molecule has 7 heteroatoms. The van der Waals surface area contributed by atoms with Crippen molar-refractivity contribution in [1.82, 2.24) is 0 Å². The first-order valence-corrected chi connectivity index (χ1v) is 7.69. The van der Waals surface area contributed by atoms with Gasteiger partial charge in [0, 0.05) is 12.3 Å². The van der Waals surface area contributed by atoms with Crippen LogP contribution in [0.3, 0.4) is 0 Å². The van der Waals surface area contributed by atoms with Crippen LogP contribution in [0.2, 0.25) is 0 Å². The summed E-state index contributed by atoms with van der Waals surface area (Å²) < 4.78 is 5.13. The van der Waals surface area contributed by atoms with E-state index in [9.17, 15) is 29.4 Å². The quantitative estimate of drug-likeness (QED) is 0.799. The first-order valence-electron chi connectivity index (χ1n) is 7.69. The fourth-order valence-corrected chi connectivity index (χ4v) is 3.84. The van der Waals surface area contributed by atoms with Gasteiger partial charge < -0.3 is 14.9 Å². The van der Waals surface area contributed by atoms with E-state index in [2.05, 4.69) is 0 Å². The van der Waals surface area contributed by atoms with Crippen molar-refractivity contribution in [2.75, 3.05) is 0 Å². The Morgan fingerprint density at radius 2 is 1.68 bits per heavy atom. The van der Waals surface area contributed by atoms with E-state index in [-0.39, 0.29) is 24.4 Å². The van der Waals surface area contributed by atoms with E-state index >= 15 is 0 Å². The van der Waals surface area contributed by atoms with E-state index in [4.69, 9.17) is 4.74 Å². The predicted molar refractivity (Wildman–Crippen MR) is 82.9 cm³/mol. The molecular formula is C18H14O7. The number of carboxylic acids is 2. The van der Waals surface area contributed by atoms with Crippen molar-refractivity contribution in [1.29, 1.82) is 0 Å². The molecule has 3 rings (SSSR count). The Balaban J connectivity index is 2.13. The van der Waals surface area contributed by atoms with E-state index < -0.39 is 35.6 Å². The molecular weight excluding hydrogens is 328 g/mol. The number of hydrogen-bond acceptors (Lipinski definition) is 5. The average molecular weight is 342 g/mol. The van der Waals surface area contributed by atoms with Crippen molar-refractivity contribution in [2.45, 2.75) is 24.7 Å². The van der Waals surface area contributed by atoms with Gasteiger partial charge in [-0.15, -0.1) is 0 Å². The first-order chi connectivity index (χ1) is 12.0. The monoisotopic (exact) mass is 342 g/mol. The van der Waals surface area contributed by atoms with E-state index in [1.807, 2.05) is 0 Å². The number of fused-ring (bicyclic) bond motifs is 1. The number of carboxylic acid groups (broad SMARTS) is 2. The van der Waals surface area contributed by atoms with Crippen LogP contribution < -0.4 is 0 Å². The smallest absolute Gasteiger partial charge is 0.311 e. The van der Waals surface area contributed by atoms with Crippen molar-refractivity contribution in [2.24, 2.45) is 11.8 Å². The third-order valence-electron chi connectivity index (χ3n) is 4.90. The Morgan fingerprint density at radius 3 is 2.24 bits per heavy atom. The summed E-state index contributed by atoms with van der Waals surface area (Å²) in [5.41, 5.74) is 1.06. The number of ether oxygens (including phenoxy) is 1. The highest BCUT2D eigenvalue weighted by Gasteiger charge is 2.47. The molecule has 1 saturated heterocycles. The Bertz CT molecular complexity index is 843. The molecule has 1 aromatic rings. The molecule has 1 fully saturated rings. The maximum absolute atomic E-state index is 11.7. The van der Waals surface area contributed by atoms with E-state index in [0.717, 1.165) is 0 Å². The molecule has 0 amide bonds. The minimum Gasteiger partial charge on any atom is -0.481 e. The van der Waals surface area contributed by atoms with Crippen molar-refractivity contribution in [3.63, 3.8) is 0 Å². The van der Waals surface area contributed by atoms with Gasteiger partial charge in [-0.25, -0.2) is 9.59 Å². The summed E-state index contributed by atoms with van der Waals surface area (Å²) in [6, 6.07) is 6.68. The zero-order valence-electron chi connectivity index (χ0n) is 13.0. The second-order valence-electron chi connectivity index (χ2n) is 6.14. The van der Waals surface area contributed by atoms with Crippen LogP contribution in [-0.2, 0) is 23.9 Å². The van der Waals surface area contributed by atoms with Gasteiger partial charge in [0.2, 0.25) is 0 Å². The highest BCUT2D eigenvalue weighted by Crippen LogP contribution is 2.50. The van der Waals surface area contributed by atoms with E-state index in [0.29, 0.717) is 11.1 Å². The molecule has 0 radical (unpaired) electrons. The molecule has 1 heterocycles. The van der Waals surface area contributed by atoms with Gasteiger partial charge >= 0.3 is 11.9 Å². The zero-order valence-corrected chi connectivity index (χ0v) is 13.0. The lowest BCUT2D eigenvalue weighted by atomic mass is 9.66. The van der Waals surface area contributed by atoms with Crippen LogP contribution >= 0.6 is 0 Å². The van der Waals surface area contributed by atoms with Crippen LogP contribution in [0.1, 0.15) is 35.8 Å². The fraction of sp³-hybridized carbons (Fsp3) is 0.333. The molecule has 2 aliphatic rings. The van der Waals surface area contributed by atoms with Gasteiger partial charge in [-0.05, 0) is 23.5 Å². The summed E-state index contributed by atoms with van der Waals surface area (Å²) in [4.78, 5) is 45.4. The molecule has 0 bridgehead atoms. The number of rotatable bonds is 3. The van der Waals surface area contributed by atoms with Gasteiger partial charge in [-0.2, -0.15) is 0 Å². The SMILES string of the molecule is O=C=C1CC(C2CC(C(=O)O)C(C(=O)O)c3ccccc32)C(=C=O)O1. The van der Waals surface area contributed by atoms with Crippen LogP contribution in [0.5, 0.6) is 0 Å². The molecule has 4 unspecified atom stereocenters. The molecule has 1 aliphatic heterocycles. The van der Waals surface area contributed by atoms with Crippen molar-refractivity contribution in [3.05, 3.63) is 46.9 Å². The Morgan fingerprint density at radius 1 is 1.00 bits per heavy atom. The second-order valence-corrected chi connectivity index (χ2v) is 6.14. The van der Waals surface area contributed by atoms with Gasteiger partial charge in [0.05, 0.1) is 11.8 Å². The predicted octanol–water partition coefficient (Wildman–Crippen LogP) is 1.51. The fourth-order valence-electron chi connectivity index (χ4n) is 3.84. The summed E-state index contributed by atoms with van der Waals surface area (Å²) in [7, 11) is 0. The summed E-state index contributed by atoms with van der Waals surface area (Å²) >= 11 is 0. The Labute approximate surface area is 142 Å². The summed E-state index contributed by atoms with van der Waals surface area (Å²) in [6.45, 7) is 0. The van der Waals surface area contributed by atoms with Crippen molar-refractivity contribution >= 4 is 23.8 Å². The molecule has 1 aromatic carbocycles. The second kappa shape index (κ2) is 6.40. The van der Waals surface area contributed by atoms with Crippen LogP contribution in [0.4, 0.5) is 0 Å². The summed E-state index contributed by atoms with van der Waals surface area (Å²) in [5.74, 6) is -2.59. The zero-order chi connectivity index (χ0) is 18.1. The van der Waals surface area contributed by atoms with E-state index in [1.54, 1.807) is 36.1 Å². The lowest BCUT2D eigenvalue weighted by Gasteiger charge is -2.36. The normalized spacial score (nSPS) is 27.7. The summed E-state index contributed by atoms with van der Waals surface area (Å²) in [5, 5.41) is 19.0. The van der Waals surface area contributed by atoms with Crippen molar-refractivity contribution < 1.29 is 34.1 Å². The van der Waals surface area contributed by atoms with Crippen LogP contribution in [0, 0.1) is 11.8 Å². The van der Waals surface area contributed by atoms with Crippen LogP contribution in [-0.4, -0.2) is 34.0 Å². The maximum Gasteiger partial charge on any atom is 0.311 e. The summed E-state index contributed by atoms with van der Waals surface area (Å²) in [6.07, 6.45) is 0.131. The van der Waals surface area contributed by atoms with Gasteiger partial charge in [0.25, 0.3) is 0 Å². The van der Waals surface area contributed by atoms with Crippen molar-refractivity contribution in [3.8, 4) is 0 Å². The minimum absolute atomic E-state index is 0.0225. The standard InChI is InChI=1S/C18H14O7/c19-7-9-5-13(15(8-20)25-9)12-6-14(17(21)22)16(18(23)24)11-4-2-1-3-10(11)12/h1-4,12-14,16H,5-6H2,(H,21,22)(H,23,24). The average Bonchev–Trinajstić information content (AvgIpc) is 3.03. The molecule has 4 atom stereocenters. The number of aliphatic carboxylic acids is 2. The highest BCUT2D eigenvalue weighted by atomic mass is 16.5. The number of benzene rings is 1. The topological polar surface area (TPSA) is 118 Å². The number of hydrogen-bond donors (Lipinski definition) is 2. The van der Waals surface area contributed by atoms with Gasteiger partial charge in [0.1, 0.15) is 0 Å². The number of allylic oxidation sites excluding steroid dienone is 2. The largest absolute Gasteiger partial charge is 0.481 e. The van der Waals surface area contributed by atoms with Gasteiger partial charge in [0.15, 0.2) is 23.4 Å². The molecule has 25 heavy (non-hydrogen) atoms. The highest BCUT2D eigenvalue weighted by molar-refractivity contribution is 5.85. The lowest BCUT2D eigenvalue weighted by Crippen LogP contribution is -2.36. The van der Waals surface area contributed by atoms with Crippen LogP contribution in [0.25, 0.3) is 0 Å². The molecule has 7 nitrogen and oxygen atoms in total. The molecule has 2 N–H and O–H groups in total. The Hall–Kier alpha value is -3.14. The minimum atomic E-state index is -1.21. The first kappa shape index (κ1) is 16.7. The van der Waals surface area contributed by atoms with E-state index in [1.165, 1.54) is 0 Å². The van der Waals surface area contributed by atoms with Crippen LogP contribution in [0.15, 0.2) is 35.8 Å². The van der Waals surface area contributed by atoms with Gasteiger partial charge in [-0.3, -0.25) is 9.59 Å². The molecule has 0 saturated carbocycles. The molecule has 0 aromatic heterocycles. The molecule has 1 aliphatic carbocycles. The van der Waals surface area contributed by atoms with Gasteiger partial charge in [-0.1, -0.05) is 24.3 Å². The maximum atomic E-state index is 11.7. The number of carbonyl (C=O) groups is 2. The third-order valence-corrected chi connectivity index (χ3v) is 4.90. The molecule has 0 spiro atoms.